The Labute approximate surface area is 147 Å². The monoisotopic (exact) mass is 342 g/mol. The number of halogens is 1. The average molecular weight is 342 g/mol. The molecule has 2 N–H and O–H groups in total. The van der Waals surface area contributed by atoms with E-state index in [1.54, 1.807) is 5.48 Å². The molecule has 0 aliphatic carbocycles. The third-order valence-electron chi connectivity index (χ3n) is 4.93. The van der Waals surface area contributed by atoms with Crippen LogP contribution in [0.15, 0.2) is 54.6 Å². The van der Waals surface area contributed by atoms with Crippen LogP contribution in [-0.4, -0.2) is 29.1 Å². The minimum atomic E-state index is -0.474. The smallest absolute Gasteiger partial charge is 0.265 e. The molecule has 1 unspecified atom stereocenters. The number of likely N-dealkylation sites (tertiary alicyclic amines) is 1. The Hall–Kier alpha value is -2.24. The molecule has 1 amide bonds. The third kappa shape index (κ3) is 4.44. The largest absolute Gasteiger partial charge is 0.289 e. The van der Waals surface area contributed by atoms with E-state index in [-0.39, 0.29) is 5.82 Å². The molecule has 25 heavy (non-hydrogen) atoms. The van der Waals surface area contributed by atoms with Crippen molar-refractivity contribution >= 4 is 5.91 Å². The van der Waals surface area contributed by atoms with Gasteiger partial charge in [-0.1, -0.05) is 42.5 Å². The highest BCUT2D eigenvalue weighted by molar-refractivity contribution is 5.82. The lowest BCUT2D eigenvalue weighted by Crippen LogP contribution is -2.43. The SMILES string of the molecule is O=C(NO)C(c1ccccc1)N1CCC(Cc2ccc(F)cc2)CC1. The molecular formula is C20H23FN2O2. The number of hydroxylamine groups is 1. The van der Waals surface area contributed by atoms with E-state index >= 15 is 0 Å². The van der Waals surface area contributed by atoms with Gasteiger partial charge in [-0.3, -0.25) is 14.9 Å². The zero-order valence-electron chi connectivity index (χ0n) is 14.1. The highest BCUT2D eigenvalue weighted by atomic mass is 19.1. The number of benzene rings is 2. The lowest BCUT2D eigenvalue weighted by Gasteiger charge is -2.36. The van der Waals surface area contributed by atoms with E-state index in [1.165, 1.54) is 12.1 Å². The van der Waals surface area contributed by atoms with Crippen LogP contribution in [0.4, 0.5) is 4.39 Å². The van der Waals surface area contributed by atoms with Crippen LogP contribution in [0, 0.1) is 11.7 Å². The Bertz CT molecular complexity index is 683. The lowest BCUT2D eigenvalue weighted by atomic mass is 9.89. The summed E-state index contributed by atoms with van der Waals surface area (Å²) < 4.78 is 13.0. The molecule has 0 spiro atoms. The van der Waals surface area contributed by atoms with Crippen LogP contribution in [-0.2, 0) is 11.2 Å². The summed E-state index contributed by atoms with van der Waals surface area (Å²) in [6.45, 7) is 1.58. The summed E-state index contributed by atoms with van der Waals surface area (Å²) in [5, 5.41) is 9.11. The summed E-state index contributed by atoms with van der Waals surface area (Å²) in [5.74, 6) is -0.0854. The molecule has 0 bridgehead atoms. The van der Waals surface area contributed by atoms with Crippen molar-refractivity contribution in [3.05, 3.63) is 71.5 Å². The van der Waals surface area contributed by atoms with Crippen molar-refractivity contribution in [3.63, 3.8) is 0 Å². The molecule has 132 valence electrons. The topological polar surface area (TPSA) is 52.6 Å². The Balaban J connectivity index is 1.63. The molecule has 1 atom stereocenters. The molecule has 2 aromatic rings. The number of rotatable bonds is 5. The van der Waals surface area contributed by atoms with Gasteiger partial charge in [-0.15, -0.1) is 0 Å². The van der Waals surface area contributed by atoms with Gasteiger partial charge in [-0.05, 0) is 61.5 Å². The van der Waals surface area contributed by atoms with Crippen molar-refractivity contribution in [1.82, 2.24) is 10.4 Å². The fourth-order valence-electron chi connectivity index (χ4n) is 3.59. The fourth-order valence-corrected chi connectivity index (χ4v) is 3.59. The van der Waals surface area contributed by atoms with E-state index in [0.29, 0.717) is 5.92 Å². The normalized spacial score (nSPS) is 17.2. The summed E-state index contributed by atoms with van der Waals surface area (Å²) in [6, 6.07) is 15.7. The van der Waals surface area contributed by atoms with E-state index in [4.69, 9.17) is 5.21 Å². The van der Waals surface area contributed by atoms with Gasteiger partial charge in [0.25, 0.3) is 5.91 Å². The first kappa shape index (κ1) is 17.6. The van der Waals surface area contributed by atoms with Gasteiger partial charge in [-0.2, -0.15) is 0 Å². The summed E-state index contributed by atoms with van der Waals surface area (Å²) in [4.78, 5) is 14.3. The van der Waals surface area contributed by atoms with Crippen LogP contribution in [0.2, 0.25) is 0 Å². The van der Waals surface area contributed by atoms with E-state index in [0.717, 1.165) is 43.5 Å². The van der Waals surface area contributed by atoms with Crippen molar-refractivity contribution in [2.24, 2.45) is 5.92 Å². The quantitative estimate of drug-likeness (QED) is 0.647. The molecule has 1 aliphatic heterocycles. The lowest BCUT2D eigenvalue weighted by molar-refractivity contribution is -0.135. The number of carbonyl (C=O) groups excluding carboxylic acids is 1. The van der Waals surface area contributed by atoms with Gasteiger partial charge >= 0.3 is 0 Å². The van der Waals surface area contributed by atoms with Crippen molar-refractivity contribution in [2.75, 3.05) is 13.1 Å². The Kier molecular flexibility index (Phi) is 5.79. The Morgan fingerprint density at radius 2 is 1.76 bits per heavy atom. The maximum absolute atomic E-state index is 13.0. The summed E-state index contributed by atoms with van der Waals surface area (Å²) in [6.07, 6.45) is 2.87. The number of hydrogen-bond donors (Lipinski definition) is 2. The molecular weight excluding hydrogens is 319 g/mol. The van der Waals surface area contributed by atoms with Gasteiger partial charge in [0.1, 0.15) is 11.9 Å². The zero-order chi connectivity index (χ0) is 17.6. The predicted molar refractivity (Wildman–Crippen MR) is 93.5 cm³/mol. The minimum absolute atomic E-state index is 0.209. The van der Waals surface area contributed by atoms with Crippen molar-refractivity contribution in [2.45, 2.75) is 25.3 Å². The minimum Gasteiger partial charge on any atom is -0.289 e. The molecule has 4 nitrogen and oxygen atoms in total. The molecule has 2 aromatic carbocycles. The van der Waals surface area contributed by atoms with Crippen LogP contribution >= 0.6 is 0 Å². The highest BCUT2D eigenvalue weighted by Gasteiger charge is 2.30. The number of amides is 1. The summed E-state index contributed by atoms with van der Waals surface area (Å²) >= 11 is 0. The van der Waals surface area contributed by atoms with Gasteiger partial charge in [0.15, 0.2) is 0 Å². The first-order valence-electron chi connectivity index (χ1n) is 8.65. The molecule has 3 rings (SSSR count). The van der Waals surface area contributed by atoms with Crippen LogP contribution < -0.4 is 5.48 Å². The highest BCUT2D eigenvalue weighted by Crippen LogP contribution is 2.28. The second-order valence-corrected chi connectivity index (χ2v) is 6.60. The maximum Gasteiger partial charge on any atom is 0.265 e. The first-order valence-corrected chi connectivity index (χ1v) is 8.65. The molecule has 5 heteroatoms. The molecule has 1 fully saturated rings. The van der Waals surface area contributed by atoms with Crippen LogP contribution in [0.3, 0.4) is 0 Å². The number of hydrogen-bond acceptors (Lipinski definition) is 3. The summed E-state index contributed by atoms with van der Waals surface area (Å²) in [7, 11) is 0. The standard InChI is InChI=1S/C20H23FN2O2/c21-18-8-6-15(7-9-18)14-16-10-12-23(13-11-16)19(20(24)22-25)17-4-2-1-3-5-17/h1-9,16,19,25H,10-14H2,(H,22,24). The van der Waals surface area contributed by atoms with Gasteiger partial charge in [-0.25, -0.2) is 9.87 Å². The molecule has 1 aliphatic rings. The van der Waals surface area contributed by atoms with Crippen molar-refractivity contribution in [1.29, 1.82) is 0 Å². The van der Waals surface area contributed by atoms with Gasteiger partial charge in [0.05, 0.1) is 0 Å². The van der Waals surface area contributed by atoms with Gasteiger partial charge < -0.3 is 0 Å². The van der Waals surface area contributed by atoms with E-state index in [9.17, 15) is 9.18 Å². The van der Waals surface area contributed by atoms with Crippen molar-refractivity contribution in [3.8, 4) is 0 Å². The third-order valence-corrected chi connectivity index (χ3v) is 4.93. The molecule has 0 radical (unpaired) electrons. The second kappa shape index (κ2) is 8.23. The number of nitrogens with zero attached hydrogens (tertiary/aromatic N) is 1. The fraction of sp³-hybridized carbons (Fsp3) is 0.350. The van der Waals surface area contributed by atoms with Gasteiger partial charge in [0.2, 0.25) is 0 Å². The molecule has 0 saturated carbocycles. The predicted octanol–water partition coefficient (Wildman–Crippen LogP) is 3.33. The Morgan fingerprint density at radius 1 is 1.12 bits per heavy atom. The van der Waals surface area contributed by atoms with E-state index in [1.807, 2.05) is 42.5 Å². The average Bonchev–Trinajstić information content (AvgIpc) is 2.66. The van der Waals surface area contributed by atoms with Crippen LogP contribution in [0.1, 0.15) is 30.0 Å². The van der Waals surface area contributed by atoms with Crippen molar-refractivity contribution < 1.29 is 14.4 Å². The van der Waals surface area contributed by atoms with E-state index in [2.05, 4.69) is 4.90 Å². The first-order chi connectivity index (χ1) is 12.2. The number of nitrogens with one attached hydrogen (secondary N) is 1. The zero-order valence-corrected chi connectivity index (χ0v) is 14.1. The molecule has 0 aromatic heterocycles. The number of carbonyl (C=O) groups is 1. The van der Waals surface area contributed by atoms with Gasteiger partial charge in [0, 0.05) is 0 Å². The summed E-state index contributed by atoms with van der Waals surface area (Å²) in [5.41, 5.74) is 3.83. The molecule has 1 saturated heterocycles. The van der Waals surface area contributed by atoms with Crippen LogP contribution in [0.5, 0.6) is 0 Å². The van der Waals surface area contributed by atoms with E-state index < -0.39 is 11.9 Å². The second-order valence-electron chi connectivity index (χ2n) is 6.60. The Morgan fingerprint density at radius 3 is 2.36 bits per heavy atom. The molecule has 1 heterocycles. The van der Waals surface area contributed by atoms with Crippen LogP contribution in [0.25, 0.3) is 0 Å². The maximum atomic E-state index is 13.0. The number of piperidine rings is 1.